The molecule has 16 nitrogen and oxygen atoms in total. The average molecular weight is 943 g/mol. The number of cyclic esters (lactones) is 1. The largest absolute Gasteiger partial charge is 0.460 e. The second-order valence-electron chi connectivity index (χ2n) is 19.5. The molecule has 2 amide bonds. The first kappa shape index (κ1) is 55.5. The molecule has 3 fully saturated rings. The first-order chi connectivity index (χ1) is 31.7. The van der Waals surface area contributed by atoms with Gasteiger partial charge in [0.2, 0.25) is 5.79 Å². The Morgan fingerprint density at radius 3 is 2.33 bits per heavy atom. The summed E-state index contributed by atoms with van der Waals surface area (Å²) in [6.45, 7) is 10.5. The van der Waals surface area contributed by atoms with Gasteiger partial charge in [-0.15, -0.1) is 0 Å². The summed E-state index contributed by atoms with van der Waals surface area (Å²) in [6.07, 6.45) is 10.2. The zero-order chi connectivity index (χ0) is 49.6. The Hall–Kier alpha value is -4.06. The predicted molar refractivity (Wildman–Crippen MR) is 249 cm³/mol. The minimum atomic E-state index is -2.52. The fraction of sp³-hybridized carbons (Fsp3) is 0.725. The summed E-state index contributed by atoms with van der Waals surface area (Å²) < 4.78 is 28.4. The number of piperidine rings is 1. The van der Waals surface area contributed by atoms with Gasteiger partial charge in [-0.05, 0) is 108 Å². The number of rotatable bonds is 6. The number of hydrogen-bond acceptors (Lipinski definition) is 14. The van der Waals surface area contributed by atoms with Crippen LogP contribution < -0.4 is 5.32 Å². The topological polar surface area (TPSA) is 225 Å². The van der Waals surface area contributed by atoms with Gasteiger partial charge in [-0.3, -0.25) is 19.2 Å². The lowest BCUT2D eigenvalue weighted by molar-refractivity contribution is -0.264. The quantitative estimate of drug-likeness (QED) is 0.144. The number of fused-ring (bicyclic) bond motifs is 3. The predicted octanol–water partition coefficient (Wildman–Crippen LogP) is 5.64. The molecule has 0 radical (unpaired) electrons. The lowest BCUT2D eigenvalue weighted by Crippen LogP contribution is -2.61. The second-order valence-corrected chi connectivity index (χ2v) is 19.5. The summed E-state index contributed by atoms with van der Waals surface area (Å²) in [7, 11) is 4.15. The van der Waals surface area contributed by atoms with Gasteiger partial charge in [0, 0.05) is 44.9 Å². The monoisotopic (exact) mass is 943 g/mol. The van der Waals surface area contributed by atoms with E-state index in [9.17, 15) is 44.1 Å². The highest BCUT2D eigenvalue weighted by atomic mass is 16.6. The van der Waals surface area contributed by atoms with E-state index in [0.717, 1.165) is 10.5 Å². The fourth-order valence-electron chi connectivity index (χ4n) is 9.90. The lowest BCUT2D eigenvalue weighted by Gasteiger charge is -2.43. The van der Waals surface area contributed by atoms with Crippen LogP contribution >= 0.6 is 0 Å². The SMILES string of the molecule is COC(=O)NC1C[C@@H]2CC[C@@H](C)[C@@](O)(O2)C(=O)C(=O)N2CCCC[C@H]2C(=O)O[C@H]([C@H](C)C[C@@H]2CC[C@@H](O)[C@H](OC)C2)CC(=O)[C@H](C)/C=C(\C)[C@@H](O)[C@@H](OC)C(=O)[C@H](C)CC/C=C/C=CC=C1C. The molecule has 16 heteroatoms. The molecule has 1 aliphatic carbocycles. The first-order valence-corrected chi connectivity index (χ1v) is 24.2. The molecule has 0 aromatic heterocycles. The average Bonchev–Trinajstić information content (AvgIpc) is 3.31. The first-order valence-electron chi connectivity index (χ1n) is 24.2. The van der Waals surface area contributed by atoms with Gasteiger partial charge in [0.1, 0.15) is 30.1 Å². The van der Waals surface area contributed by atoms with E-state index in [4.69, 9.17) is 23.7 Å². The van der Waals surface area contributed by atoms with Crippen molar-refractivity contribution in [3.63, 3.8) is 0 Å². The molecule has 0 aromatic carbocycles. The number of amides is 2. The normalized spacial score (nSPS) is 37.0. The summed E-state index contributed by atoms with van der Waals surface area (Å²) in [5, 5.41) is 36.7. The van der Waals surface area contributed by atoms with Crippen LogP contribution in [0.1, 0.15) is 125 Å². The maximum absolute atomic E-state index is 14.4. The Morgan fingerprint density at radius 1 is 0.910 bits per heavy atom. The number of ether oxygens (including phenoxy) is 5. The van der Waals surface area contributed by atoms with Gasteiger partial charge in [0.15, 0.2) is 5.78 Å². The molecule has 1 unspecified atom stereocenters. The molecular weight excluding hydrogens is 865 g/mol. The highest BCUT2D eigenvalue weighted by Crippen LogP contribution is 2.37. The van der Waals surface area contributed by atoms with Crippen LogP contribution in [0.25, 0.3) is 0 Å². The van der Waals surface area contributed by atoms with E-state index in [1.54, 1.807) is 59.1 Å². The Kier molecular flexibility index (Phi) is 21.6. The molecule has 376 valence electrons. The van der Waals surface area contributed by atoms with Crippen LogP contribution in [0, 0.1) is 29.6 Å². The van der Waals surface area contributed by atoms with Gasteiger partial charge in [-0.25, -0.2) is 9.59 Å². The number of carbonyl (C=O) groups is 6. The highest BCUT2D eigenvalue weighted by Gasteiger charge is 2.53. The van der Waals surface area contributed by atoms with Crippen LogP contribution in [0.4, 0.5) is 4.79 Å². The lowest BCUT2D eigenvalue weighted by atomic mass is 9.78. The van der Waals surface area contributed by atoms with E-state index < -0.39 is 89.9 Å². The fourth-order valence-corrected chi connectivity index (χ4v) is 9.90. The smallest absolute Gasteiger partial charge is 0.407 e. The van der Waals surface area contributed by atoms with E-state index >= 15 is 0 Å². The van der Waals surface area contributed by atoms with Crippen LogP contribution in [0.2, 0.25) is 0 Å². The van der Waals surface area contributed by atoms with Gasteiger partial charge < -0.3 is 49.2 Å². The van der Waals surface area contributed by atoms with Gasteiger partial charge in [-0.2, -0.15) is 0 Å². The maximum Gasteiger partial charge on any atom is 0.407 e. The third-order valence-electron chi connectivity index (χ3n) is 14.5. The number of hydrogen-bond donors (Lipinski definition) is 4. The summed E-state index contributed by atoms with van der Waals surface area (Å²) >= 11 is 0. The number of alkyl carbamates (subject to hydrolysis) is 1. The molecule has 14 atom stereocenters. The van der Waals surface area contributed by atoms with Crippen molar-refractivity contribution >= 4 is 35.3 Å². The van der Waals surface area contributed by atoms with E-state index in [-0.39, 0.29) is 55.3 Å². The summed E-state index contributed by atoms with van der Waals surface area (Å²) in [5.41, 5.74) is 1.09. The minimum Gasteiger partial charge on any atom is -0.460 e. The summed E-state index contributed by atoms with van der Waals surface area (Å²) in [4.78, 5) is 84.3. The minimum absolute atomic E-state index is 0.0468. The van der Waals surface area contributed by atoms with Crippen molar-refractivity contribution in [1.82, 2.24) is 10.2 Å². The molecule has 4 aliphatic rings. The molecule has 2 bridgehead atoms. The van der Waals surface area contributed by atoms with Gasteiger partial charge >= 0.3 is 12.1 Å². The van der Waals surface area contributed by atoms with Crippen molar-refractivity contribution in [3.8, 4) is 0 Å². The Balaban J connectivity index is 1.71. The van der Waals surface area contributed by atoms with E-state index in [2.05, 4.69) is 5.32 Å². The number of aliphatic hydroxyl groups is 3. The number of methoxy groups -OCH3 is 3. The van der Waals surface area contributed by atoms with E-state index in [0.29, 0.717) is 69.8 Å². The molecule has 67 heavy (non-hydrogen) atoms. The van der Waals surface area contributed by atoms with Crippen molar-refractivity contribution in [3.05, 3.63) is 47.6 Å². The van der Waals surface area contributed by atoms with E-state index in [1.165, 1.54) is 14.2 Å². The number of nitrogens with zero attached hydrogens (tertiary/aromatic N) is 1. The zero-order valence-corrected chi connectivity index (χ0v) is 41.1. The number of allylic oxidation sites excluding steroid dienone is 6. The third-order valence-corrected chi connectivity index (χ3v) is 14.5. The number of nitrogens with one attached hydrogen (secondary N) is 1. The van der Waals surface area contributed by atoms with Crippen molar-refractivity contribution in [2.45, 2.75) is 180 Å². The maximum atomic E-state index is 14.4. The number of aliphatic hydroxyl groups excluding tert-OH is 2. The van der Waals surface area contributed by atoms with Crippen molar-refractivity contribution in [2.24, 2.45) is 29.6 Å². The molecule has 3 aliphatic heterocycles. The van der Waals surface area contributed by atoms with Crippen LogP contribution in [-0.4, -0.2) is 138 Å². The highest BCUT2D eigenvalue weighted by molar-refractivity contribution is 6.39. The third kappa shape index (κ3) is 15.0. The number of carbonyl (C=O) groups excluding carboxylic acids is 6. The zero-order valence-electron chi connectivity index (χ0n) is 41.1. The Morgan fingerprint density at radius 2 is 1.64 bits per heavy atom. The number of ketones is 3. The molecule has 4 rings (SSSR count). The van der Waals surface area contributed by atoms with Gasteiger partial charge in [0.25, 0.3) is 11.7 Å². The molecule has 4 N–H and O–H groups in total. The van der Waals surface area contributed by atoms with Crippen LogP contribution in [-0.2, 0) is 47.7 Å². The molecule has 0 aromatic rings. The van der Waals surface area contributed by atoms with Crippen LogP contribution in [0.3, 0.4) is 0 Å². The Labute approximate surface area is 396 Å². The Bertz CT molecular complexity index is 1840. The standard InChI is InChI=1S/C51H78N2O14/c1-30-17-13-11-10-12-14-18-31(2)44(56)46(64-8)45(57)34(5)25-32(3)41(55)29-42(33(4)26-36-21-23-40(54)43(27-36)63-7)66-49(60)39-19-15-16-24-53(39)48(59)47(58)51(62)35(6)20-22-37(67-51)28-38(30)52-50(61)65-9/h10-13,17,25,31-33,35-40,42-43,45-46,54,57,62H,14-16,18-24,26-29H2,1-9H3,(H,52,61)/b12-10+,13-11?,30-17?,34-25+/t31-,32-,33-,35-,36+,37+,38?,39+,40-,42+,43-,45-,46+,51-/m1/s1. The molecule has 0 spiro atoms. The molecule has 3 heterocycles. The van der Waals surface area contributed by atoms with Crippen molar-refractivity contribution < 1.29 is 67.8 Å². The molecular formula is C51H78N2O14. The van der Waals surface area contributed by atoms with E-state index in [1.807, 2.05) is 26.0 Å². The van der Waals surface area contributed by atoms with Crippen molar-refractivity contribution in [2.75, 3.05) is 27.9 Å². The van der Waals surface area contributed by atoms with Gasteiger partial charge in [0.05, 0.1) is 31.5 Å². The number of esters is 1. The number of Topliss-reactive ketones (excluding diaryl/α,β-unsaturated/α-hetero) is 3. The summed E-state index contributed by atoms with van der Waals surface area (Å²) in [5.74, 6) is -8.42. The van der Waals surface area contributed by atoms with Crippen molar-refractivity contribution in [1.29, 1.82) is 0 Å². The van der Waals surface area contributed by atoms with Crippen LogP contribution in [0.5, 0.6) is 0 Å². The van der Waals surface area contributed by atoms with Crippen LogP contribution in [0.15, 0.2) is 47.6 Å². The van der Waals surface area contributed by atoms with Gasteiger partial charge in [-0.1, -0.05) is 69.7 Å². The summed E-state index contributed by atoms with van der Waals surface area (Å²) in [6, 6.07) is -1.82. The molecule has 1 saturated carbocycles. The molecule has 2 saturated heterocycles. The second kappa shape index (κ2) is 26.1.